The lowest BCUT2D eigenvalue weighted by molar-refractivity contribution is 0.422. The Kier molecular flexibility index (Phi) is 4.72. The van der Waals surface area contributed by atoms with Gasteiger partial charge in [0, 0.05) is 31.9 Å². The van der Waals surface area contributed by atoms with Crippen LogP contribution >= 0.6 is 0 Å². The van der Waals surface area contributed by atoms with Crippen LogP contribution in [-0.2, 0) is 23.6 Å². The van der Waals surface area contributed by atoms with Gasteiger partial charge in [0.2, 0.25) is 10.0 Å². The number of rotatable bonds is 5. The topological polar surface area (TPSA) is 55.2 Å². The summed E-state index contributed by atoms with van der Waals surface area (Å²) in [5.41, 5.74) is 3.55. The first kappa shape index (κ1) is 16.7. The Morgan fingerprint density at radius 3 is 2.23 bits per heavy atom. The number of sulfonamides is 1. The number of aryl methyl sites for hydroxylation is 4. The smallest absolute Gasteiger partial charge is 0.243 e. The van der Waals surface area contributed by atoms with Crippen molar-refractivity contribution in [3.63, 3.8) is 0 Å². The maximum absolute atomic E-state index is 13.0. The Hall–Kier alpha value is -1.66. The lowest BCUT2D eigenvalue weighted by Gasteiger charge is -2.22. The fourth-order valence-corrected chi connectivity index (χ4v) is 4.68. The molecular weight excluding hydrogens is 298 g/mol. The molecule has 2 aromatic rings. The van der Waals surface area contributed by atoms with E-state index in [-0.39, 0.29) is 0 Å². The van der Waals surface area contributed by atoms with Crippen molar-refractivity contribution in [1.29, 1.82) is 0 Å². The molecule has 0 aliphatic heterocycles. The highest BCUT2D eigenvalue weighted by molar-refractivity contribution is 7.89. The van der Waals surface area contributed by atoms with Crippen molar-refractivity contribution in [2.75, 3.05) is 6.54 Å². The van der Waals surface area contributed by atoms with E-state index < -0.39 is 10.0 Å². The van der Waals surface area contributed by atoms with Gasteiger partial charge in [-0.2, -0.15) is 9.40 Å². The first-order valence-electron chi connectivity index (χ1n) is 7.31. The predicted molar refractivity (Wildman–Crippen MR) is 87.1 cm³/mol. The molecule has 0 fully saturated rings. The standard InChI is InChI=1S/C16H23N3O2S/c1-6-19(11-15-9-17-18(5)10-15)22(20,21)16-13(3)7-12(2)8-14(16)4/h7-10H,6,11H2,1-5H3. The molecule has 0 atom stereocenters. The molecule has 6 heteroatoms. The van der Waals surface area contributed by atoms with E-state index in [2.05, 4.69) is 5.10 Å². The molecule has 1 heterocycles. The van der Waals surface area contributed by atoms with Gasteiger partial charge in [-0.3, -0.25) is 4.68 Å². The minimum atomic E-state index is -3.52. The summed E-state index contributed by atoms with van der Waals surface area (Å²) in [6.45, 7) is 8.29. The maximum atomic E-state index is 13.0. The summed E-state index contributed by atoms with van der Waals surface area (Å²) in [7, 11) is -1.70. The van der Waals surface area contributed by atoms with Crippen LogP contribution in [0, 0.1) is 20.8 Å². The lowest BCUT2D eigenvalue weighted by Crippen LogP contribution is -2.31. The van der Waals surface area contributed by atoms with Gasteiger partial charge in [-0.25, -0.2) is 8.42 Å². The average molecular weight is 321 g/mol. The highest BCUT2D eigenvalue weighted by atomic mass is 32.2. The normalized spacial score (nSPS) is 12.1. The third-order valence-corrected chi connectivity index (χ3v) is 5.90. The largest absolute Gasteiger partial charge is 0.275 e. The molecule has 5 nitrogen and oxygen atoms in total. The van der Waals surface area contributed by atoms with Crippen molar-refractivity contribution >= 4 is 10.0 Å². The Morgan fingerprint density at radius 2 is 1.77 bits per heavy atom. The van der Waals surface area contributed by atoms with E-state index in [1.54, 1.807) is 10.9 Å². The molecule has 0 spiro atoms. The van der Waals surface area contributed by atoms with Gasteiger partial charge in [-0.15, -0.1) is 0 Å². The van der Waals surface area contributed by atoms with E-state index in [0.29, 0.717) is 18.0 Å². The SMILES string of the molecule is CCN(Cc1cnn(C)c1)S(=O)(=O)c1c(C)cc(C)cc1C. The van der Waals surface area contributed by atoms with Crippen LogP contribution < -0.4 is 0 Å². The van der Waals surface area contributed by atoms with Gasteiger partial charge in [0.15, 0.2) is 0 Å². The highest BCUT2D eigenvalue weighted by Crippen LogP contribution is 2.26. The van der Waals surface area contributed by atoms with Crippen molar-refractivity contribution < 1.29 is 8.42 Å². The van der Waals surface area contributed by atoms with Crippen LogP contribution in [0.5, 0.6) is 0 Å². The molecule has 0 radical (unpaired) electrons. The van der Waals surface area contributed by atoms with E-state index in [4.69, 9.17) is 0 Å². The molecule has 0 saturated heterocycles. The second-order valence-corrected chi connectivity index (χ2v) is 7.56. The van der Waals surface area contributed by atoms with E-state index in [9.17, 15) is 8.42 Å². The van der Waals surface area contributed by atoms with Crippen LogP contribution in [0.3, 0.4) is 0 Å². The molecule has 0 aliphatic carbocycles. The van der Waals surface area contributed by atoms with E-state index in [1.807, 2.05) is 53.1 Å². The zero-order valence-corrected chi connectivity index (χ0v) is 14.6. The molecule has 1 aromatic carbocycles. The van der Waals surface area contributed by atoms with Crippen LogP contribution in [0.4, 0.5) is 0 Å². The van der Waals surface area contributed by atoms with Gasteiger partial charge in [-0.05, 0) is 31.9 Å². The minimum Gasteiger partial charge on any atom is -0.275 e. The Bertz CT molecular complexity index is 755. The van der Waals surface area contributed by atoms with Gasteiger partial charge in [0.05, 0.1) is 11.1 Å². The van der Waals surface area contributed by atoms with Crippen LogP contribution in [0.1, 0.15) is 29.2 Å². The molecule has 0 saturated carbocycles. The molecule has 22 heavy (non-hydrogen) atoms. The van der Waals surface area contributed by atoms with Crippen molar-refractivity contribution in [2.24, 2.45) is 7.05 Å². The fourth-order valence-electron chi connectivity index (χ4n) is 2.83. The first-order valence-corrected chi connectivity index (χ1v) is 8.75. The zero-order valence-electron chi connectivity index (χ0n) is 13.8. The first-order chi connectivity index (χ1) is 10.3. The van der Waals surface area contributed by atoms with Crippen molar-refractivity contribution in [3.8, 4) is 0 Å². The Balaban J connectivity index is 2.43. The molecule has 0 aliphatic rings. The molecule has 2 rings (SSSR count). The summed E-state index contributed by atoms with van der Waals surface area (Å²) in [6.07, 6.45) is 3.54. The number of hydrogen-bond acceptors (Lipinski definition) is 3. The molecule has 1 aromatic heterocycles. The summed E-state index contributed by atoms with van der Waals surface area (Å²) in [5, 5.41) is 4.10. The second kappa shape index (κ2) is 6.22. The van der Waals surface area contributed by atoms with Crippen molar-refractivity contribution in [1.82, 2.24) is 14.1 Å². The van der Waals surface area contributed by atoms with Gasteiger partial charge >= 0.3 is 0 Å². The van der Waals surface area contributed by atoms with Crippen LogP contribution in [-0.4, -0.2) is 29.0 Å². The third-order valence-electron chi connectivity index (χ3n) is 3.67. The molecular formula is C16H23N3O2S. The molecule has 0 amide bonds. The van der Waals surface area contributed by atoms with Gasteiger partial charge in [-0.1, -0.05) is 24.6 Å². The van der Waals surface area contributed by atoms with Gasteiger partial charge in [0.1, 0.15) is 0 Å². The van der Waals surface area contributed by atoms with Gasteiger partial charge < -0.3 is 0 Å². The average Bonchev–Trinajstić information content (AvgIpc) is 2.79. The highest BCUT2D eigenvalue weighted by Gasteiger charge is 2.27. The number of nitrogens with zero attached hydrogens (tertiary/aromatic N) is 3. The van der Waals surface area contributed by atoms with E-state index in [0.717, 1.165) is 22.3 Å². The minimum absolute atomic E-state index is 0.333. The number of hydrogen-bond donors (Lipinski definition) is 0. The summed E-state index contributed by atoms with van der Waals surface area (Å²) in [6, 6.07) is 3.83. The quantitative estimate of drug-likeness (QED) is 0.850. The Morgan fingerprint density at radius 1 is 1.18 bits per heavy atom. The summed E-state index contributed by atoms with van der Waals surface area (Å²) in [4.78, 5) is 0.420. The van der Waals surface area contributed by atoms with Crippen LogP contribution in [0.2, 0.25) is 0 Å². The lowest BCUT2D eigenvalue weighted by atomic mass is 10.1. The second-order valence-electron chi connectivity index (χ2n) is 5.68. The summed E-state index contributed by atoms with van der Waals surface area (Å²) in [5.74, 6) is 0. The monoisotopic (exact) mass is 321 g/mol. The zero-order chi connectivity index (χ0) is 16.5. The molecule has 0 unspecified atom stereocenters. The molecule has 0 bridgehead atoms. The Labute approximate surface area is 132 Å². The molecule has 0 N–H and O–H groups in total. The van der Waals surface area contributed by atoms with Crippen molar-refractivity contribution in [3.05, 3.63) is 46.8 Å². The number of aromatic nitrogens is 2. The third kappa shape index (κ3) is 3.23. The maximum Gasteiger partial charge on any atom is 0.243 e. The van der Waals surface area contributed by atoms with E-state index >= 15 is 0 Å². The molecule has 120 valence electrons. The van der Waals surface area contributed by atoms with E-state index in [1.165, 1.54) is 4.31 Å². The van der Waals surface area contributed by atoms with Crippen LogP contribution in [0.15, 0.2) is 29.4 Å². The van der Waals surface area contributed by atoms with Crippen molar-refractivity contribution in [2.45, 2.75) is 39.1 Å². The summed E-state index contributed by atoms with van der Waals surface area (Å²) >= 11 is 0. The number of benzene rings is 1. The fraction of sp³-hybridized carbons (Fsp3) is 0.438. The summed E-state index contributed by atoms with van der Waals surface area (Å²) < 4.78 is 29.2. The predicted octanol–water partition coefficient (Wildman–Crippen LogP) is 2.56. The van der Waals surface area contributed by atoms with Crippen LogP contribution in [0.25, 0.3) is 0 Å². The van der Waals surface area contributed by atoms with Gasteiger partial charge in [0.25, 0.3) is 0 Å².